The van der Waals surface area contributed by atoms with Crippen LogP contribution in [-0.2, 0) is 8.26 Å². The number of hydrogen-bond donors (Lipinski definition) is 0. The van der Waals surface area contributed by atoms with Crippen LogP contribution in [0.4, 0.5) is 0 Å². The SMILES string of the molecule is Cl.O=S(=O)(Cl)Cl.c1ccc2cnccc2c1. The first-order chi connectivity index (χ1) is 6.97. The molecule has 0 saturated heterocycles. The summed E-state index contributed by atoms with van der Waals surface area (Å²) in [5.41, 5.74) is 0. The predicted molar refractivity (Wildman–Crippen MR) is 69.6 cm³/mol. The van der Waals surface area contributed by atoms with Gasteiger partial charge in [0.2, 0.25) is 0 Å². The maximum absolute atomic E-state index is 9.16. The lowest BCUT2D eigenvalue weighted by atomic mass is 10.2. The molecule has 0 amide bonds. The zero-order valence-corrected chi connectivity index (χ0v) is 11.0. The summed E-state index contributed by atoms with van der Waals surface area (Å²) < 4.78 is 18.3. The molecule has 0 atom stereocenters. The average Bonchev–Trinajstić information content (AvgIpc) is 2.16. The monoisotopic (exact) mass is 299 g/mol. The lowest BCUT2D eigenvalue weighted by molar-refractivity contribution is 0.621. The van der Waals surface area contributed by atoms with Crippen LogP contribution < -0.4 is 0 Å². The third-order valence-corrected chi connectivity index (χ3v) is 1.55. The van der Waals surface area contributed by atoms with E-state index in [1.54, 1.807) is 0 Å². The molecule has 0 N–H and O–H groups in total. The van der Waals surface area contributed by atoms with Crippen LogP contribution in [0.3, 0.4) is 0 Å². The first-order valence-corrected chi connectivity index (χ1v) is 7.03. The van der Waals surface area contributed by atoms with Crippen molar-refractivity contribution in [2.24, 2.45) is 0 Å². The Morgan fingerprint density at radius 1 is 1.00 bits per heavy atom. The molecule has 2 rings (SSSR count). The van der Waals surface area contributed by atoms with Gasteiger partial charge in [0.05, 0.1) is 0 Å². The van der Waals surface area contributed by atoms with Crippen molar-refractivity contribution in [1.29, 1.82) is 0 Å². The Morgan fingerprint density at radius 3 is 2.00 bits per heavy atom. The van der Waals surface area contributed by atoms with Gasteiger partial charge < -0.3 is 0 Å². The number of aromatic nitrogens is 1. The fraction of sp³-hybridized carbons (Fsp3) is 0. The summed E-state index contributed by atoms with van der Waals surface area (Å²) in [6.07, 6.45) is 3.68. The zero-order valence-electron chi connectivity index (χ0n) is 7.88. The minimum Gasteiger partial charge on any atom is -0.264 e. The van der Waals surface area contributed by atoms with Crippen LogP contribution in [0.1, 0.15) is 0 Å². The van der Waals surface area contributed by atoms with Gasteiger partial charge in [-0.3, -0.25) is 4.98 Å². The van der Waals surface area contributed by atoms with E-state index in [2.05, 4.69) is 38.5 Å². The Balaban J connectivity index is 0.000000330. The Hall–Kier alpha value is -0.550. The summed E-state index contributed by atoms with van der Waals surface area (Å²) in [4.78, 5) is 4.01. The van der Waals surface area contributed by atoms with E-state index in [4.69, 9.17) is 8.42 Å². The van der Waals surface area contributed by atoms with E-state index in [-0.39, 0.29) is 12.4 Å². The first-order valence-electron chi connectivity index (χ1n) is 3.90. The number of rotatable bonds is 0. The highest BCUT2D eigenvalue weighted by molar-refractivity contribution is 8.31. The van der Waals surface area contributed by atoms with Gasteiger partial charge in [0.1, 0.15) is 0 Å². The van der Waals surface area contributed by atoms with Crippen molar-refractivity contribution >= 4 is 52.8 Å². The summed E-state index contributed by atoms with van der Waals surface area (Å²) in [7, 11) is 4.81. The van der Waals surface area contributed by atoms with Crippen molar-refractivity contribution in [2.75, 3.05) is 0 Å². The van der Waals surface area contributed by atoms with Gasteiger partial charge in [-0.2, -0.15) is 8.42 Å². The second-order valence-electron chi connectivity index (χ2n) is 2.60. The average molecular weight is 301 g/mol. The number of pyridine rings is 1. The van der Waals surface area contributed by atoms with Gasteiger partial charge in [-0.15, -0.1) is 12.4 Å². The lowest BCUT2D eigenvalue weighted by Crippen LogP contribution is -1.71. The molecule has 0 aliphatic carbocycles. The van der Waals surface area contributed by atoms with Gasteiger partial charge in [-0.1, -0.05) is 24.3 Å². The largest absolute Gasteiger partial charge is 0.317 e. The molecule has 0 spiro atoms. The maximum atomic E-state index is 9.16. The molecule has 16 heavy (non-hydrogen) atoms. The topological polar surface area (TPSA) is 47.0 Å². The second-order valence-corrected chi connectivity index (χ2v) is 6.27. The molecule has 0 bridgehead atoms. The highest BCUT2D eigenvalue weighted by Crippen LogP contribution is 2.09. The van der Waals surface area contributed by atoms with E-state index in [0.717, 1.165) is 0 Å². The fourth-order valence-electron chi connectivity index (χ4n) is 1.03. The molecule has 7 heteroatoms. The van der Waals surface area contributed by atoms with Gasteiger partial charge in [-0.25, -0.2) is 0 Å². The summed E-state index contributed by atoms with van der Waals surface area (Å²) >= 11 is 0. The molecule has 0 aliphatic rings. The van der Waals surface area contributed by atoms with Crippen LogP contribution in [-0.4, -0.2) is 13.4 Å². The predicted octanol–water partition coefficient (Wildman–Crippen LogP) is 3.37. The third kappa shape index (κ3) is 6.85. The van der Waals surface area contributed by atoms with E-state index in [0.29, 0.717) is 0 Å². The van der Waals surface area contributed by atoms with Gasteiger partial charge in [0.25, 0.3) is 0 Å². The smallest absolute Gasteiger partial charge is 0.264 e. The molecule has 88 valence electrons. The van der Waals surface area contributed by atoms with Crippen molar-refractivity contribution < 1.29 is 8.42 Å². The van der Waals surface area contributed by atoms with Crippen molar-refractivity contribution in [3.63, 3.8) is 0 Å². The van der Waals surface area contributed by atoms with Crippen LogP contribution in [0, 0.1) is 0 Å². The number of benzene rings is 1. The second kappa shape index (κ2) is 6.91. The molecule has 1 heterocycles. The summed E-state index contributed by atoms with van der Waals surface area (Å²) in [6, 6.07) is 10.2. The molecule has 0 fully saturated rings. The normalized spacial score (nSPS) is 9.88. The lowest BCUT2D eigenvalue weighted by Gasteiger charge is -1.91. The quantitative estimate of drug-likeness (QED) is 0.701. The zero-order chi connectivity index (χ0) is 11.3. The van der Waals surface area contributed by atoms with E-state index in [9.17, 15) is 0 Å². The molecule has 0 unspecified atom stereocenters. The number of halogens is 3. The molecule has 0 radical (unpaired) electrons. The number of nitrogens with zero attached hydrogens (tertiary/aromatic N) is 1. The molecular formula is C9H8Cl3NO2S. The van der Waals surface area contributed by atoms with E-state index in [1.165, 1.54) is 10.8 Å². The molecule has 1 aromatic carbocycles. The van der Waals surface area contributed by atoms with E-state index in [1.807, 2.05) is 30.6 Å². The van der Waals surface area contributed by atoms with Crippen molar-refractivity contribution in [2.45, 2.75) is 0 Å². The van der Waals surface area contributed by atoms with Crippen LogP contribution >= 0.6 is 33.8 Å². The minimum absolute atomic E-state index is 0. The minimum atomic E-state index is -3.72. The third-order valence-electron chi connectivity index (χ3n) is 1.55. The van der Waals surface area contributed by atoms with Crippen molar-refractivity contribution in [3.05, 3.63) is 42.7 Å². The summed E-state index contributed by atoms with van der Waals surface area (Å²) in [6.45, 7) is 0. The highest BCUT2D eigenvalue weighted by Gasteiger charge is 1.88. The number of hydrogen-bond acceptors (Lipinski definition) is 3. The van der Waals surface area contributed by atoms with Gasteiger partial charge >= 0.3 is 8.26 Å². The van der Waals surface area contributed by atoms with E-state index >= 15 is 0 Å². The van der Waals surface area contributed by atoms with Gasteiger partial charge in [0.15, 0.2) is 0 Å². The molecule has 2 aromatic rings. The van der Waals surface area contributed by atoms with Gasteiger partial charge in [-0.05, 0) is 16.8 Å². The summed E-state index contributed by atoms with van der Waals surface area (Å²) in [5.74, 6) is 0. The summed E-state index contributed by atoms with van der Waals surface area (Å²) in [5, 5.41) is 2.45. The van der Waals surface area contributed by atoms with Crippen LogP contribution in [0.25, 0.3) is 10.8 Å². The maximum Gasteiger partial charge on any atom is 0.317 e. The Bertz CT molecular complexity index is 472. The molecular weight excluding hydrogens is 293 g/mol. The van der Waals surface area contributed by atoms with Crippen LogP contribution in [0.2, 0.25) is 0 Å². The standard InChI is InChI=1S/C9H7N.Cl2O2S.ClH/c1-2-4-9-7-10-6-5-8(9)3-1;1-5(2,3)4;/h1-7H;;1H. The molecule has 1 aromatic heterocycles. The molecule has 3 nitrogen and oxygen atoms in total. The van der Waals surface area contributed by atoms with Crippen LogP contribution in [0.15, 0.2) is 42.7 Å². The van der Waals surface area contributed by atoms with Crippen molar-refractivity contribution in [3.8, 4) is 0 Å². The Kier molecular flexibility index (Phi) is 6.67. The molecule has 0 aliphatic heterocycles. The molecule has 0 saturated carbocycles. The van der Waals surface area contributed by atoms with Crippen LogP contribution in [0.5, 0.6) is 0 Å². The van der Waals surface area contributed by atoms with E-state index < -0.39 is 8.26 Å². The number of fused-ring (bicyclic) bond motifs is 1. The fourth-order valence-corrected chi connectivity index (χ4v) is 1.03. The van der Waals surface area contributed by atoms with Gasteiger partial charge in [0, 0.05) is 33.8 Å². The Morgan fingerprint density at radius 2 is 1.50 bits per heavy atom. The van der Waals surface area contributed by atoms with Crippen molar-refractivity contribution in [1.82, 2.24) is 4.98 Å². The Labute approximate surface area is 109 Å². The first kappa shape index (κ1) is 15.4. The highest BCUT2D eigenvalue weighted by atomic mass is 36.0.